The van der Waals surface area contributed by atoms with Gasteiger partial charge in [0.2, 0.25) is 0 Å². The molecule has 0 aromatic carbocycles. The Morgan fingerprint density at radius 3 is 3.08 bits per heavy atom. The maximum atomic E-state index is 11.6. The summed E-state index contributed by atoms with van der Waals surface area (Å²) < 4.78 is 1.58. The van der Waals surface area contributed by atoms with E-state index in [0.717, 1.165) is 23.5 Å². The quantitative estimate of drug-likeness (QED) is 0.561. The lowest BCUT2D eigenvalue weighted by Gasteiger charge is -2.04. The highest BCUT2D eigenvalue weighted by atomic mass is 16.1. The highest BCUT2D eigenvalue weighted by Gasteiger charge is 2.12. The maximum absolute atomic E-state index is 11.6. The van der Waals surface area contributed by atoms with E-state index in [4.69, 9.17) is 0 Å². The van der Waals surface area contributed by atoms with Gasteiger partial charge in [0.25, 0.3) is 5.56 Å². The van der Waals surface area contributed by atoms with Gasteiger partial charge in [-0.05, 0) is 6.92 Å². The molecule has 3 heteroatoms. The van der Waals surface area contributed by atoms with Crippen LogP contribution in [0.1, 0.15) is 17.1 Å². The van der Waals surface area contributed by atoms with Crippen LogP contribution in [0, 0.1) is 6.92 Å². The van der Waals surface area contributed by atoms with E-state index in [1.54, 1.807) is 11.6 Å². The van der Waals surface area contributed by atoms with Crippen molar-refractivity contribution in [2.24, 2.45) is 7.05 Å². The number of aromatic nitrogens is 2. The third kappa shape index (κ3) is 0.826. The molecule has 0 fully saturated rings. The first-order chi connectivity index (χ1) is 5.70. The van der Waals surface area contributed by atoms with Crippen molar-refractivity contribution >= 4 is 6.08 Å². The summed E-state index contributed by atoms with van der Waals surface area (Å²) in [7, 11) is 1.75. The lowest BCUT2D eigenvalue weighted by atomic mass is 10.2. The van der Waals surface area contributed by atoms with E-state index in [9.17, 15) is 4.79 Å². The summed E-state index contributed by atoms with van der Waals surface area (Å²) >= 11 is 0. The molecule has 0 atom stereocenters. The number of fused-ring (bicyclic) bond motifs is 1. The predicted molar refractivity (Wildman–Crippen MR) is 47.0 cm³/mol. The van der Waals surface area contributed by atoms with E-state index in [1.165, 1.54) is 0 Å². The van der Waals surface area contributed by atoms with E-state index >= 15 is 0 Å². The summed E-state index contributed by atoms with van der Waals surface area (Å²) in [5, 5.41) is 0. The summed E-state index contributed by atoms with van der Waals surface area (Å²) in [6, 6.07) is 0. The second kappa shape index (κ2) is 2.30. The molecule has 0 aliphatic heterocycles. The van der Waals surface area contributed by atoms with Crippen molar-refractivity contribution in [1.82, 2.24) is 9.55 Å². The maximum Gasteiger partial charge on any atom is 0.260 e. The third-order valence-corrected chi connectivity index (χ3v) is 2.22. The van der Waals surface area contributed by atoms with Gasteiger partial charge in [-0.25, -0.2) is 4.98 Å². The van der Waals surface area contributed by atoms with Crippen LogP contribution in [0.4, 0.5) is 0 Å². The van der Waals surface area contributed by atoms with Gasteiger partial charge in [0.05, 0.1) is 11.3 Å². The average molecular weight is 162 g/mol. The number of hydrogen-bond donors (Lipinski definition) is 0. The highest BCUT2D eigenvalue weighted by molar-refractivity contribution is 5.56. The van der Waals surface area contributed by atoms with Crippen LogP contribution in [0.15, 0.2) is 10.9 Å². The number of aryl methyl sites for hydroxylation is 1. The van der Waals surface area contributed by atoms with Crippen LogP contribution in [0.25, 0.3) is 6.08 Å². The fourth-order valence-electron chi connectivity index (χ4n) is 1.39. The molecule has 0 bridgehead atoms. The fourth-order valence-corrected chi connectivity index (χ4v) is 1.39. The number of allylic oxidation sites excluding steroid dienone is 1. The second-order valence-corrected chi connectivity index (χ2v) is 2.99. The monoisotopic (exact) mass is 162 g/mol. The molecule has 1 aliphatic rings. The standard InChI is InChI=1S/C9H10N2O/c1-6-10-8-5-3-4-7(8)9(12)11(6)2/h3-4H,5H2,1-2H3. The van der Waals surface area contributed by atoms with Gasteiger partial charge in [0.15, 0.2) is 0 Å². The van der Waals surface area contributed by atoms with Crippen molar-refractivity contribution in [2.45, 2.75) is 13.3 Å². The molecule has 0 amide bonds. The molecule has 62 valence electrons. The van der Waals surface area contributed by atoms with Gasteiger partial charge in [-0.2, -0.15) is 0 Å². The Bertz CT molecular complexity index is 415. The van der Waals surface area contributed by atoms with Crippen molar-refractivity contribution in [2.75, 3.05) is 0 Å². The summed E-state index contributed by atoms with van der Waals surface area (Å²) in [6.07, 6.45) is 4.62. The lowest BCUT2D eigenvalue weighted by molar-refractivity contribution is 0.760. The topological polar surface area (TPSA) is 34.9 Å². The van der Waals surface area contributed by atoms with Gasteiger partial charge in [-0.3, -0.25) is 9.36 Å². The minimum atomic E-state index is 0.0613. The molecule has 0 saturated heterocycles. The Hall–Kier alpha value is -1.38. The first kappa shape index (κ1) is 7.28. The van der Waals surface area contributed by atoms with Gasteiger partial charge in [-0.1, -0.05) is 12.2 Å². The Kier molecular flexibility index (Phi) is 1.40. The molecule has 12 heavy (non-hydrogen) atoms. The molecule has 1 aromatic rings. The zero-order chi connectivity index (χ0) is 8.72. The zero-order valence-electron chi connectivity index (χ0n) is 7.16. The van der Waals surface area contributed by atoms with E-state index in [1.807, 2.05) is 19.1 Å². The highest BCUT2D eigenvalue weighted by Crippen LogP contribution is 2.12. The van der Waals surface area contributed by atoms with Gasteiger partial charge in [0.1, 0.15) is 5.82 Å². The Morgan fingerprint density at radius 2 is 2.33 bits per heavy atom. The SMILES string of the molecule is Cc1nc2c(c(=O)n1C)C=CC2. The van der Waals surface area contributed by atoms with E-state index in [0.29, 0.717) is 0 Å². The lowest BCUT2D eigenvalue weighted by Crippen LogP contribution is -2.23. The normalized spacial score (nSPS) is 13.5. The molecule has 3 nitrogen and oxygen atoms in total. The smallest absolute Gasteiger partial charge is 0.260 e. The van der Waals surface area contributed by atoms with Crippen LogP contribution in [0.3, 0.4) is 0 Å². The van der Waals surface area contributed by atoms with Gasteiger partial charge >= 0.3 is 0 Å². The molecule has 1 aromatic heterocycles. The van der Waals surface area contributed by atoms with E-state index < -0.39 is 0 Å². The van der Waals surface area contributed by atoms with Crippen LogP contribution in [0.2, 0.25) is 0 Å². The van der Waals surface area contributed by atoms with Crippen LogP contribution in [0.5, 0.6) is 0 Å². The minimum Gasteiger partial charge on any atom is -0.300 e. The Morgan fingerprint density at radius 1 is 1.58 bits per heavy atom. The second-order valence-electron chi connectivity index (χ2n) is 2.99. The summed E-state index contributed by atoms with van der Waals surface area (Å²) in [6.45, 7) is 1.85. The van der Waals surface area contributed by atoms with Gasteiger partial charge < -0.3 is 0 Å². The molecule has 0 spiro atoms. The number of nitrogens with zero attached hydrogens (tertiary/aromatic N) is 2. The van der Waals surface area contributed by atoms with Gasteiger partial charge in [-0.15, -0.1) is 0 Å². The summed E-state index contributed by atoms with van der Waals surface area (Å²) in [4.78, 5) is 15.9. The molecule has 0 unspecified atom stereocenters. The van der Waals surface area contributed by atoms with Crippen LogP contribution < -0.4 is 5.56 Å². The molecule has 0 radical (unpaired) electrons. The fraction of sp³-hybridized carbons (Fsp3) is 0.333. The number of hydrogen-bond acceptors (Lipinski definition) is 2. The summed E-state index contributed by atoms with van der Waals surface area (Å²) in [5.41, 5.74) is 1.73. The average Bonchev–Trinajstić information content (AvgIpc) is 2.48. The third-order valence-electron chi connectivity index (χ3n) is 2.22. The van der Waals surface area contributed by atoms with E-state index in [-0.39, 0.29) is 5.56 Å². The van der Waals surface area contributed by atoms with Crippen molar-refractivity contribution in [3.05, 3.63) is 33.5 Å². The Balaban J connectivity index is 2.83. The minimum absolute atomic E-state index is 0.0613. The molecule has 1 heterocycles. The van der Waals surface area contributed by atoms with Gasteiger partial charge in [0, 0.05) is 13.5 Å². The van der Waals surface area contributed by atoms with Crippen LogP contribution >= 0.6 is 0 Å². The first-order valence-corrected chi connectivity index (χ1v) is 3.93. The van der Waals surface area contributed by atoms with Crippen LogP contribution in [-0.2, 0) is 13.5 Å². The largest absolute Gasteiger partial charge is 0.300 e. The molecule has 1 aliphatic carbocycles. The first-order valence-electron chi connectivity index (χ1n) is 3.93. The molecule has 0 saturated carbocycles. The predicted octanol–water partition coefficient (Wildman–Crippen LogP) is 0.658. The molecular weight excluding hydrogens is 152 g/mol. The molecular formula is C9H10N2O. The van der Waals surface area contributed by atoms with Crippen molar-refractivity contribution in [3.8, 4) is 0 Å². The van der Waals surface area contributed by atoms with Crippen molar-refractivity contribution < 1.29 is 0 Å². The Labute approximate surface area is 70.4 Å². The van der Waals surface area contributed by atoms with Crippen LogP contribution in [-0.4, -0.2) is 9.55 Å². The summed E-state index contributed by atoms with van der Waals surface area (Å²) in [5.74, 6) is 0.780. The zero-order valence-corrected chi connectivity index (χ0v) is 7.16. The van der Waals surface area contributed by atoms with Crippen molar-refractivity contribution in [3.63, 3.8) is 0 Å². The number of rotatable bonds is 0. The molecule has 0 N–H and O–H groups in total. The molecule has 2 rings (SSSR count). The van der Waals surface area contributed by atoms with E-state index in [2.05, 4.69) is 4.98 Å². The van der Waals surface area contributed by atoms with Crippen molar-refractivity contribution in [1.29, 1.82) is 0 Å².